The molecule has 7 heteroatoms. The van der Waals surface area contributed by atoms with Crippen molar-refractivity contribution in [3.63, 3.8) is 0 Å². The second kappa shape index (κ2) is 8.86. The predicted molar refractivity (Wildman–Crippen MR) is 93.7 cm³/mol. The Morgan fingerprint density at radius 1 is 1.28 bits per heavy atom. The first-order valence-corrected chi connectivity index (χ1v) is 8.20. The Kier molecular flexibility index (Phi) is 6.56. The van der Waals surface area contributed by atoms with E-state index in [0.717, 1.165) is 11.3 Å². The van der Waals surface area contributed by atoms with E-state index in [2.05, 4.69) is 10.4 Å². The van der Waals surface area contributed by atoms with Crippen LogP contribution in [0.5, 0.6) is 5.75 Å². The molecule has 0 aliphatic rings. The highest BCUT2D eigenvalue weighted by atomic mass is 16.5. The van der Waals surface area contributed by atoms with Gasteiger partial charge in [0.1, 0.15) is 17.1 Å². The first kappa shape index (κ1) is 18.5. The number of hydrogen-bond acceptors (Lipinski definition) is 5. The van der Waals surface area contributed by atoms with Crippen LogP contribution in [0, 0.1) is 6.92 Å². The van der Waals surface area contributed by atoms with E-state index in [9.17, 15) is 9.59 Å². The number of aromatic nitrogens is 2. The van der Waals surface area contributed by atoms with Gasteiger partial charge in [-0.2, -0.15) is 5.10 Å². The number of ether oxygens (including phenoxy) is 2. The second-order valence-electron chi connectivity index (χ2n) is 5.52. The number of para-hydroxylation sites is 1. The summed E-state index contributed by atoms with van der Waals surface area (Å²) in [6.07, 6.45) is 2.22. The summed E-state index contributed by atoms with van der Waals surface area (Å²) in [5.41, 5.74) is 1.30. The van der Waals surface area contributed by atoms with Gasteiger partial charge in [-0.25, -0.2) is 4.79 Å². The topological polar surface area (TPSA) is 82.5 Å². The Morgan fingerprint density at radius 3 is 2.76 bits per heavy atom. The Bertz CT molecular complexity index is 740. The van der Waals surface area contributed by atoms with Crippen LogP contribution in [0.1, 0.15) is 35.7 Å². The highest BCUT2D eigenvalue weighted by Gasteiger charge is 2.18. The SMILES string of the molecule is CCOC(=O)c1cnn(C)c1NC(=O)CCCOc1ccccc1C. The first-order chi connectivity index (χ1) is 12.0. The zero-order chi connectivity index (χ0) is 18.2. The summed E-state index contributed by atoms with van der Waals surface area (Å²) < 4.78 is 12.1. The number of rotatable bonds is 8. The fourth-order valence-electron chi connectivity index (χ4n) is 2.27. The molecule has 0 radical (unpaired) electrons. The maximum Gasteiger partial charge on any atom is 0.343 e. The lowest BCUT2D eigenvalue weighted by Gasteiger charge is -2.10. The van der Waals surface area contributed by atoms with Gasteiger partial charge in [0.05, 0.1) is 19.4 Å². The zero-order valence-electron chi connectivity index (χ0n) is 14.7. The molecule has 0 fully saturated rings. The summed E-state index contributed by atoms with van der Waals surface area (Å²) in [4.78, 5) is 24.0. The van der Waals surface area contributed by atoms with Crippen LogP contribution in [0.3, 0.4) is 0 Å². The molecule has 134 valence electrons. The van der Waals surface area contributed by atoms with Gasteiger partial charge in [0, 0.05) is 13.5 Å². The molecule has 1 N–H and O–H groups in total. The Labute approximate surface area is 146 Å². The second-order valence-corrected chi connectivity index (χ2v) is 5.52. The van der Waals surface area contributed by atoms with Crippen LogP contribution < -0.4 is 10.1 Å². The highest BCUT2D eigenvalue weighted by molar-refractivity contribution is 6.00. The van der Waals surface area contributed by atoms with Crippen molar-refractivity contribution in [2.75, 3.05) is 18.5 Å². The van der Waals surface area contributed by atoms with Crippen LogP contribution >= 0.6 is 0 Å². The van der Waals surface area contributed by atoms with Crippen LogP contribution in [-0.2, 0) is 16.6 Å². The number of aryl methyl sites for hydroxylation is 2. The lowest BCUT2D eigenvalue weighted by atomic mass is 10.2. The molecule has 1 heterocycles. The average molecular weight is 345 g/mol. The van der Waals surface area contributed by atoms with Gasteiger partial charge >= 0.3 is 5.97 Å². The summed E-state index contributed by atoms with van der Waals surface area (Å²) >= 11 is 0. The molecule has 7 nitrogen and oxygen atoms in total. The van der Waals surface area contributed by atoms with Crippen molar-refractivity contribution < 1.29 is 19.1 Å². The standard InChI is InChI=1S/C18H23N3O4/c1-4-24-18(23)14-12-19-21(3)17(14)20-16(22)10-7-11-25-15-9-6-5-8-13(15)2/h5-6,8-9,12H,4,7,10-11H2,1-3H3,(H,20,22). The van der Waals surface area contributed by atoms with E-state index in [-0.39, 0.29) is 24.5 Å². The number of carbonyl (C=O) groups is 2. The van der Waals surface area contributed by atoms with E-state index in [4.69, 9.17) is 9.47 Å². The van der Waals surface area contributed by atoms with E-state index in [0.29, 0.717) is 18.8 Å². The molecule has 1 aromatic heterocycles. The Balaban J connectivity index is 1.84. The molecule has 0 aliphatic heterocycles. The van der Waals surface area contributed by atoms with Gasteiger partial charge in [0.25, 0.3) is 0 Å². The average Bonchev–Trinajstić information content (AvgIpc) is 2.94. The van der Waals surface area contributed by atoms with Crippen LogP contribution in [-0.4, -0.2) is 34.9 Å². The Hall–Kier alpha value is -2.83. The van der Waals surface area contributed by atoms with Gasteiger partial charge in [0.15, 0.2) is 0 Å². The van der Waals surface area contributed by atoms with Crippen LogP contribution in [0.25, 0.3) is 0 Å². The molecule has 1 amide bonds. The van der Waals surface area contributed by atoms with Crippen molar-refractivity contribution in [3.8, 4) is 5.75 Å². The Morgan fingerprint density at radius 2 is 2.04 bits per heavy atom. The maximum absolute atomic E-state index is 12.1. The number of esters is 1. The van der Waals surface area contributed by atoms with E-state index in [1.807, 2.05) is 31.2 Å². The fraction of sp³-hybridized carbons (Fsp3) is 0.389. The van der Waals surface area contributed by atoms with Gasteiger partial charge in [-0.05, 0) is 31.9 Å². The van der Waals surface area contributed by atoms with Crippen molar-refractivity contribution in [1.29, 1.82) is 0 Å². The number of nitrogens with one attached hydrogen (secondary N) is 1. The molecule has 0 atom stereocenters. The van der Waals surface area contributed by atoms with E-state index >= 15 is 0 Å². The minimum Gasteiger partial charge on any atom is -0.493 e. The number of carbonyl (C=O) groups excluding carboxylic acids is 2. The number of amides is 1. The molecule has 1 aromatic carbocycles. The van der Waals surface area contributed by atoms with Crippen LogP contribution in [0.15, 0.2) is 30.5 Å². The lowest BCUT2D eigenvalue weighted by molar-refractivity contribution is -0.116. The van der Waals surface area contributed by atoms with E-state index < -0.39 is 5.97 Å². The summed E-state index contributed by atoms with van der Waals surface area (Å²) in [5.74, 6) is 0.443. The number of benzene rings is 1. The molecule has 0 saturated carbocycles. The largest absolute Gasteiger partial charge is 0.493 e. The third-order valence-electron chi connectivity index (χ3n) is 3.59. The molecule has 0 unspecified atom stereocenters. The highest BCUT2D eigenvalue weighted by Crippen LogP contribution is 2.17. The van der Waals surface area contributed by atoms with Gasteiger partial charge < -0.3 is 14.8 Å². The van der Waals surface area contributed by atoms with Crippen molar-refractivity contribution in [2.45, 2.75) is 26.7 Å². The molecule has 0 saturated heterocycles. The van der Waals surface area contributed by atoms with Crippen molar-refractivity contribution in [3.05, 3.63) is 41.6 Å². The summed E-state index contributed by atoms with van der Waals surface area (Å²) in [7, 11) is 1.65. The minimum atomic E-state index is -0.506. The van der Waals surface area contributed by atoms with Crippen molar-refractivity contribution >= 4 is 17.7 Å². The fourth-order valence-corrected chi connectivity index (χ4v) is 2.27. The summed E-state index contributed by atoms with van der Waals surface area (Å²) in [6.45, 7) is 4.40. The minimum absolute atomic E-state index is 0.206. The third-order valence-corrected chi connectivity index (χ3v) is 3.59. The molecule has 0 aliphatic carbocycles. The molecular weight excluding hydrogens is 322 g/mol. The molecule has 2 aromatic rings. The first-order valence-electron chi connectivity index (χ1n) is 8.20. The van der Waals surface area contributed by atoms with Gasteiger partial charge in [-0.3, -0.25) is 9.48 Å². The zero-order valence-corrected chi connectivity index (χ0v) is 14.7. The van der Waals surface area contributed by atoms with Gasteiger partial charge in [0.2, 0.25) is 5.91 Å². The summed E-state index contributed by atoms with van der Waals surface area (Å²) in [6, 6.07) is 7.73. The molecule has 0 spiro atoms. The molecule has 0 bridgehead atoms. The molecule has 25 heavy (non-hydrogen) atoms. The smallest absolute Gasteiger partial charge is 0.343 e. The van der Waals surface area contributed by atoms with E-state index in [1.54, 1.807) is 14.0 Å². The van der Waals surface area contributed by atoms with Crippen molar-refractivity contribution in [1.82, 2.24) is 9.78 Å². The van der Waals surface area contributed by atoms with Crippen molar-refractivity contribution in [2.24, 2.45) is 7.05 Å². The molecular formula is C18H23N3O4. The van der Waals surface area contributed by atoms with E-state index in [1.165, 1.54) is 10.9 Å². The monoisotopic (exact) mass is 345 g/mol. The summed E-state index contributed by atoms with van der Waals surface area (Å²) in [5, 5.41) is 6.71. The number of nitrogens with zero attached hydrogens (tertiary/aromatic N) is 2. The predicted octanol–water partition coefficient (Wildman–Crippen LogP) is 2.70. The number of anilines is 1. The quantitative estimate of drug-likeness (QED) is 0.587. The number of hydrogen-bond donors (Lipinski definition) is 1. The third kappa shape index (κ3) is 5.07. The molecule has 2 rings (SSSR count). The lowest BCUT2D eigenvalue weighted by Crippen LogP contribution is -2.18. The maximum atomic E-state index is 12.1. The van der Waals surface area contributed by atoms with Crippen LogP contribution in [0.4, 0.5) is 5.82 Å². The van der Waals surface area contributed by atoms with Gasteiger partial charge in [-0.1, -0.05) is 18.2 Å². The van der Waals surface area contributed by atoms with Crippen LogP contribution in [0.2, 0.25) is 0 Å². The van der Waals surface area contributed by atoms with Gasteiger partial charge in [-0.15, -0.1) is 0 Å². The normalized spacial score (nSPS) is 10.4.